The minimum Gasteiger partial charge on any atom is -0.357 e. The molecule has 1 amide bonds. The van der Waals surface area contributed by atoms with Crippen molar-refractivity contribution >= 4 is 17.5 Å². The lowest BCUT2D eigenvalue weighted by molar-refractivity contribution is -0.118. The maximum atomic E-state index is 11.7. The third kappa shape index (κ3) is 2.11. The second-order valence-electron chi connectivity index (χ2n) is 4.81. The molecule has 0 atom stereocenters. The Morgan fingerprint density at radius 2 is 2.10 bits per heavy atom. The highest BCUT2D eigenvalue weighted by Crippen LogP contribution is 2.30. The van der Waals surface area contributed by atoms with Crippen molar-refractivity contribution in [2.75, 3.05) is 24.3 Å². The van der Waals surface area contributed by atoms with E-state index in [1.54, 1.807) is 18.1 Å². The molecule has 0 radical (unpaired) electrons. The first-order valence-corrected chi connectivity index (χ1v) is 6.59. The number of hydrogen-bond donors (Lipinski definition) is 1. The van der Waals surface area contributed by atoms with Gasteiger partial charge in [-0.25, -0.2) is 9.97 Å². The summed E-state index contributed by atoms with van der Waals surface area (Å²) in [6.45, 7) is 0. The fraction of sp³-hybridized carbons (Fsp3) is 0.267. The van der Waals surface area contributed by atoms with E-state index in [1.165, 1.54) is 5.56 Å². The minimum atomic E-state index is 0.171. The Balaban J connectivity index is 2.02. The summed E-state index contributed by atoms with van der Waals surface area (Å²) in [6.07, 6.45) is 3.10. The summed E-state index contributed by atoms with van der Waals surface area (Å²) < 4.78 is 0. The molecule has 5 heteroatoms. The number of nitrogens with zero attached hydrogens (tertiary/aromatic N) is 3. The molecular weight excluding hydrogens is 252 g/mol. The van der Waals surface area contributed by atoms with Crippen LogP contribution < -0.4 is 10.2 Å². The number of anilines is 2. The second kappa shape index (κ2) is 4.92. The van der Waals surface area contributed by atoms with E-state index in [-0.39, 0.29) is 5.91 Å². The van der Waals surface area contributed by atoms with Crippen LogP contribution in [0.2, 0.25) is 0 Å². The van der Waals surface area contributed by atoms with Gasteiger partial charge in [-0.05, 0) is 30.2 Å². The zero-order chi connectivity index (χ0) is 14.1. The number of amides is 1. The molecule has 0 bridgehead atoms. The van der Waals surface area contributed by atoms with Crippen molar-refractivity contribution in [1.29, 1.82) is 0 Å². The fourth-order valence-corrected chi connectivity index (χ4v) is 2.46. The van der Waals surface area contributed by atoms with Gasteiger partial charge in [0.2, 0.25) is 11.9 Å². The Bertz CT molecular complexity index is 669. The molecule has 20 heavy (non-hydrogen) atoms. The number of hydrogen-bond acceptors (Lipinski definition) is 4. The Morgan fingerprint density at radius 3 is 2.90 bits per heavy atom. The van der Waals surface area contributed by atoms with Gasteiger partial charge in [-0.15, -0.1) is 0 Å². The summed E-state index contributed by atoms with van der Waals surface area (Å²) in [7, 11) is 3.62. The molecule has 1 aromatic heterocycles. The van der Waals surface area contributed by atoms with Gasteiger partial charge in [-0.1, -0.05) is 6.07 Å². The molecule has 1 aliphatic rings. The van der Waals surface area contributed by atoms with Crippen LogP contribution in [0.4, 0.5) is 11.6 Å². The molecule has 1 aliphatic heterocycles. The van der Waals surface area contributed by atoms with Crippen molar-refractivity contribution in [3.63, 3.8) is 0 Å². The summed E-state index contributed by atoms with van der Waals surface area (Å²) in [6, 6.07) is 7.99. The van der Waals surface area contributed by atoms with Crippen molar-refractivity contribution in [2.45, 2.75) is 12.8 Å². The van der Waals surface area contributed by atoms with E-state index in [1.807, 2.05) is 25.2 Å². The van der Waals surface area contributed by atoms with Gasteiger partial charge in [0, 0.05) is 38.0 Å². The van der Waals surface area contributed by atoms with Gasteiger partial charge in [0.1, 0.15) is 0 Å². The van der Waals surface area contributed by atoms with Crippen LogP contribution >= 0.6 is 0 Å². The highest BCUT2D eigenvalue weighted by molar-refractivity contribution is 5.96. The largest absolute Gasteiger partial charge is 0.357 e. The zero-order valence-corrected chi connectivity index (χ0v) is 11.6. The van der Waals surface area contributed by atoms with Gasteiger partial charge in [-0.3, -0.25) is 4.79 Å². The number of rotatable bonds is 2. The van der Waals surface area contributed by atoms with E-state index in [9.17, 15) is 4.79 Å². The third-order valence-electron chi connectivity index (χ3n) is 3.60. The molecule has 0 unspecified atom stereocenters. The number of nitrogens with one attached hydrogen (secondary N) is 1. The zero-order valence-electron chi connectivity index (χ0n) is 11.6. The van der Waals surface area contributed by atoms with E-state index in [0.29, 0.717) is 12.4 Å². The maximum Gasteiger partial charge on any atom is 0.227 e. The predicted octanol–water partition coefficient (Wildman–Crippen LogP) is 2.09. The average Bonchev–Trinajstić information content (AvgIpc) is 2.51. The average molecular weight is 268 g/mol. The summed E-state index contributed by atoms with van der Waals surface area (Å²) in [5.74, 6) is 0.775. The molecule has 0 spiro atoms. The lowest BCUT2D eigenvalue weighted by atomic mass is 9.98. The first-order valence-electron chi connectivity index (χ1n) is 6.59. The number of fused-ring (bicyclic) bond motifs is 1. The van der Waals surface area contributed by atoms with Crippen molar-refractivity contribution in [1.82, 2.24) is 9.97 Å². The second-order valence-corrected chi connectivity index (χ2v) is 4.81. The van der Waals surface area contributed by atoms with Crippen LogP contribution in [-0.4, -0.2) is 30.0 Å². The van der Waals surface area contributed by atoms with Gasteiger partial charge >= 0.3 is 0 Å². The van der Waals surface area contributed by atoms with Crippen LogP contribution in [0, 0.1) is 0 Å². The topological polar surface area (TPSA) is 58.1 Å². The number of aromatic nitrogens is 2. The van der Waals surface area contributed by atoms with Gasteiger partial charge in [-0.2, -0.15) is 0 Å². The molecule has 0 saturated carbocycles. The smallest absolute Gasteiger partial charge is 0.227 e. The molecule has 5 nitrogen and oxygen atoms in total. The normalized spacial score (nSPS) is 14.1. The van der Waals surface area contributed by atoms with Crippen molar-refractivity contribution in [2.24, 2.45) is 0 Å². The van der Waals surface area contributed by atoms with Gasteiger partial charge < -0.3 is 10.2 Å². The van der Waals surface area contributed by atoms with Gasteiger partial charge in [0.05, 0.1) is 5.69 Å². The van der Waals surface area contributed by atoms with E-state index in [0.717, 1.165) is 23.4 Å². The molecule has 102 valence electrons. The molecule has 1 aromatic carbocycles. The molecule has 2 aromatic rings. The third-order valence-corrected chi connectivity index (χ3v) is 3.60. The Labute approximate surface area is 117 Å². The van der Waals surface area contributed by atoms with E-state index >= 15 is 0 Å². The lowest BCUT2D eigenvalue weighted by Crippen LogP contribution is -2.30. The first kappa shape index (κ1) is 12.6. The van der Waals surface area contributed by atoms with Gasteiger partial charge in [0.15, 0.2) is 0 Å². The van der Waals surface area contributed by atoms with Crippen LogP contribution in [0.5, 0.6) is 0 Å². The van der Waals surface area contributed by atoms with Crippen molar-refractivity contribution in [3.05, 3.63) is 36.0 Å². The van der Waals surface area contributed by atoms with Crippen molar-refractivity contribution < 1.29 is 4.79 Å². The highest BCUT2D eigenvalue weighted by Gasteiger charge is 2.21. The van der Waals surface area contributed by atoms with E-state index in [2.05, 4.69) is 21.4 Å². The Kier molecular flexibility index (Phi) is 3.10. The minimum absolute atomic E-state index is 0.171. The maximum absolute atomic E-state index is 11.7. The van der Waals surface area contributed by atoms with Crippen LogP contribution in [0.1, 0.15) is 12.0 Å². The Hall–Kier alpha value is -2.43. The van der Waals surface area contributed by atoms with Crippen LogP contribution in [0.15, 0.2) is 30.5 Å². The standard InChI is InChI=1S/C15H16N4O/c1-16-15-17-8-7-12(18-15)10-3-5-13-11(9-10)4-6-14(20)19(13)2/h3,5,7-9H,4,6H2,1-2H3,(H,16,17,18). The quantitative estimate of drug-likeness (QED) is 0.906. The highest BCUT2D eigenvalue weighted by atomic mass is 16.2. The van der Waals surface area contributed by atoms with Crippen LogP contribution in [0.3, 0.4) is 0 Å². The monoisotopic (exact) mass is 268 g/mol. The van der Waals surface area contributed by atoms with E-state index < -0.39 is 0 Å². The summed E-state index contributed by atoms with van der Waals surface area (Å²) in [4.78, 5) is 22.0. The number of benzene rings is 1. The fourth-order valence-electron chi connectivity index (χ4n) is 2.46. The number of aryl methyl sites for hydroxylation is 1. The summed E-state index contributed by atoms with van der Waals surface area (Å²) >= 11 is 0. The summed E-state index contributed by atoms with van der Waals surface area (Å²) in [5, 5.41) is 2.94. The molecule has 0 aliphatic carbocycles. The van der Waals surface area contributed by atoms with E-state index in [4.69, 9.17) is 0 Å². The van der Waals surface area contributed by atoms with Crippen molar-refractivity contribution in [3.8, 4) is 11.3 Å². The number of carbonyl (C=O) groups excluding carboxylic acids is 1. The molecular formula is C15H16N4O. The van der Waals surface area contributed by atoms with Crippen LogP contribution in [-0.2, 0) is 11.2 Å². The number of carbonyl (C=O) groups is 1. The molecule has 3 rings (SSSR count). The first-order chi connectivity index (χ1) is 9.69. The SMILES string of the molecule is CNc1nccc(-c2ccc3c(c2)CCC(=O)N3C)n1. The molecule has 2 heterocycles. The molecule has 0 saturated heterocycles. The Morgan fingerprint density at radius 1 is 1.25 bits per heavy atom. The molecule has 0 fully saturated rings. The predicted molar refractivity (Wildman–Crippen MR) is 78.7 cm³/mol. The summed E-state index contributed by atoms with van der Waals surface area (Å²) in [5.41, 5.74) is 4.11. The molecule has 1 N–H and O–H groups in total. The lowest BCUT2D eigenvalue weighted by Gasteiger charge is -2.26. The van der Waals surface area contributed by atoms with Gasteiger partial charge in [0.25, 0.3) is 0 Å². The van der Waals surface area contributed by atoms with Crippen LogP contribution in [0.25, 0.3) is 11.3 Å².